The first-order chi connectivity index (χ1) is 15.8. The number of rotatable bonds is 8. The molecule has 0 unspecified atom stereocenters. The van der Waals surface area contributed by atoms with Gasteiger partial charge in [0.1, 0.15) is 0 Å². The Bertz CT molecular complexity index is 900. The minimum absolute atomic E-state index is 0.745. The number of unbranched alkanes of at least 4 members (excludes halogenated alkanes) is 5. The van der Waals surface area contributed by atoms with Gasteiger partial charge in [-0.1, -0.05) is 88.2 Å². The highest BCUT2D eigenvalue weighted by atomic mass is 14.3. The van der Waals surface area contributed by atoms with Crippen molar-refractivity contribution in [1.29, 1.82) is 0 Å². The molecule has 1 fully saturated rings. The van der Waals surface area contributed by atoms with Crippen LogP contribution in [0.3, 0.4) is 0 Å². The molecule has 1 aliphatic carbocycles. The van der Waals surface area contributed by atoms with Crippen molar-refractivity contribution in [3.8, 4) is 23.7 Å². The van der Waals surface area contributed by atoms with Gasteiger partial charge >= 0.3 is 0 Å². The van der Waals surface area contributed by atoms with E-state index in [2.05, 4.69) is 86.1 Å². The molecule has 0 amide bonds. The Morgan fingerprint density at radius 3 is 1.75 bits per heavy atom. The van der Waals surface area contributed by atoms with Crippen molar-refractivity contribution in [2.24, 2.45) is 5.92 Å². The van der Waals surface area contributed by atoms with Gasteiger partial charge in [-0.2, -0.15) is 0 Å². The average Bonchev–Trinajstić information content (AvgIpc) is 2.84. The lowest BCUT2D eigenvalue weighted by Crippen LogP contribution is -2.13. The molecule has 0 bridgehead atoms. The summed E-state index contributed by atoms with van der Waals surface area (Å²) in [6.45, 7) is 4.52. The Hall–Kier alpha value is -2.44. The van der Waals surface area contributed by atoms with E-state index in [4.69, 9.17) is 0 Å². The minimum atomic E-state index is 0.745. The van der Waals surface area contributed by atoms with Crippen molar-refractivity contribution in [3.05, 3.63) is 70.8 Å². The summed E-state index contributed by atoms with van der Waals surface area (Å²) in [5.74, 6) is 14.9. The molecule has 2 aromatic rings. The molecule has 3 rings (SSSR count). The van der Waals surface area contributed by atoms with Gasteiger partial charge < -0.3 is 0 Å². The van der Waals surface area contributed by atoms with Crippen molar-refractivity contribution in [2.45, 2.75) is 96.8 Å². The zero-order chi connectivity index (χ0) is 22.4. The monoisotopic (exact) mass is 424 g/mol. The maximum atomic E-state index is 3.33. The van der Waals surface area contributed by atoms with Crippen molar-refractivity contribution in [2.75, 3.05) is 0 Å². The third-order valence-corrected chi connectivity index (χ3v) is 6.82. The summed E-state index contributed by atoms with van der Waals surface area (Å²) in [7, 11) is 0. The van der Waals surface area contributed by atoms with E-state index >= 15 is 0 Å². The molecule has 0 heteroatoms. The predicted octanol–water partition coefficient (Wildman–Crippen LogP) is 8.87. The molecule has 0 radical (unpaired) electrons. The van der Waals surface area contributed by atoms with Crippen molar-refractivity contribution in [3.63, 3.8) is 0 Å². The van der Waals surface area contributed by atoms with E-state index in [1.54, 1.807) is 0 Å². The van der Waals surface area contributed by atoms with Crippen molar-refractivity contribution >= 4 is 0 Å². The maximum Gasteiger partial charge on any atom is 0.0249 e. The first-order valence-electron chi connectivity index (χ1n) is 13.0. The van der Waals surface area contributed by atoms with Crippen LogP contribution in [0, 0.1) is 29.6 Å². The molecule has 0 spiro atoms. The molecule has 0 heterocycles. The van der Waals surface area contributed by atoms with Gasteiger partial charge in [0.05, 0.1) is 0 Å². The van der Waals surface area contributed by atoms with Crippen molar-refractivity contribution in [1.82, 2.24) is 0 Å². The predicted molar refractivity (Wildman–Crippen MR) is 139 cm³/mol. The van der Waals surface area contributed by atoms with E-state index in [9.17, 15) is 0 Å². The summed E-state index contributed by atoms with van der Waals surface area (Å²) in [4.78, 5) is 0. The fourth-order valence-corrected chi connectivity index (χ4v) is 4.72. The van der Waals surface area contributed by atoms with Crippen LogP contribution < -0.4 is 0 Å². The number of benzene rings is 2. The normalized spacial score (nSPS) is 17.7. The van der Waals surface area contributed by atoms with Gasteiger partial charge in [-0.25, -0.2) is 0 Å². The molecule has 1 aliphatic rings. The summed E-state index contributed by atoms with van der Waals surface area (Å²) in [5.41, 5.74) is 4.73. The molecule has 0 atom stereocenters. The SMILES string of the molecule is CCCCCC#Cc1ccc(C#Cc2ccc(C3CCC(CCCCC)CC3)cc2)cc1. The van der Waals surface area contributed by atoms with E-state index in [1.807, 2.05) is 0 Å². The second-order valence-electron chi connectivity index (χ2n) is 9.42. The molecule has 32 heavy (non-hydrogen) atoms. The molecule has 0 aliphatic heterocycles. The molecule has 0 saturated heterocycles. The van der Waals surface area contributed by atoms with Crippen LogP contribution in [-0.2, 0) is 0 Å². The van der Waals surface area contributed by atoms with E-state index in [0.717, 1.165) is 34.9 Å². The smallest absolute Gasteiger partial charge is 0.0249 e. The third-order valence-electron chi connectivity index (χ3n) is 6.82. The van der Waals surface area contributed by atoms with Gasteiger partial charge in [-0.05, 0) is 85.9 Å². The van der Waals surface area contributed by atoms with E-state index in [0.29, 0.717) is 0 Å². The summed E-state index contributed by atoms with van der Waals surface area (Å²) in [5, 5.41) is 0. The molecular weight excluding hydrogens is 384 g/mol. The first-order valence-corrected chi connectivity index (χ1v) is 13.0. The van der Waals surface area contributed by atoms with Crippen LogP contribution in [-0.4, -0.2) is 0 Å². The lowest BCUT2D eigenvalue weighted by atomic mass is 9.77. The second-order valence-corrected chi connectivity index (χ2v) is 9.42. The summed E-state index contributed by atoms with van der Waals surface area (Å²) < 4.78 is 0. The van der Waals surface area contributed by atoms with E-state index in [1.165, 1.54) is 76.2 Å². The topological polar surface area (TPSA) is 0 Å². The standard InChI is InChI=1S/C32H40/c1-3-5-7-8-10-12-27-13-15-29(16-14-27)17-18-30-21-25-32(26-22-30)31-23-19-28(20-24-31)11-9-6-4-2/h13-16,21-22,25-26,28,31H,3-9,11,19-20,23-24H2,1-2H3. The average molecular weight is 425 g/mol. The molecule has 0 N–H and O–H groups in total. The highest BCUT2D eigenvalue weighted by molar-refractivity contribution is 5.46. The second kappa shape index (κ2) is 13.9. The zero-order valence-electron chi connectivity index (χ0n) is 20.3. The Balaban J connectivity index is 1.48. The Labute approximate surface area is 197 Å². The van der Waals surface area contributed by atoms with Crippen LogP contribution >= 0.6 is 0 Å². The first kappa shape index (κ1) is 24.2. The molecule has 0 nitrogen and oxygen atoms in total. The lowest BCUT2D eigenvalue weighted by molar-refractivity contribution is 0.303. The van der Waals surface area contributed by atoms with Gasteiger partial charge in [0.25, 0.3) is 0 Å². The van der Waals surface area contributed by atoms with Gasteiger partial charge in [0.2, 0.25) is 0 Å². The highest BCUT2D eigenvalue weighted by Gasteiger charge is 2.21. The summed E-state index contributed by atoms with van der Waals surface area (Å²) in [6.07, 6.45) is 15.9. The number of hydrogen-bond acceptors (Lipinski definition) is 0. The summed E-state index contributed by atoms with van der Waals surface area (Å²) >= 11 is 0. The fourth-order valence-electron chi connectivity index (χ4n) is 4.72. The Morgan fingerprint density at radius 1 is 0.625 bits per heavy atom. The van der Waals surface area contributed by atoms with Crippen LogP contribution in [0.25, 0.3) is 0 Å². The van der Waals surface area contributed by atoms with Gasteiger partial charge in [0, 0.05) is 23.1 Å². The quantitative estimate of drug-likeness (QED) is 0.293. The highest BCUT2D eigenvalue weighted by Crippen LogP contribution is 2.37. The maximum absolute atomic E-state index is 3.33. The number of hydrogen-bond donors (Lipinski definition) is 0. The molecule has 2 aromatic carbocycles. The van der Waals surface area contributed by atoms with Gasteiger partial charge in [0.15, 0.2) is 0 Å². The van der Waals surface area contributed by atoms with E-state index in [-0.39, 0.29) is 0 Å². The van der Waals surface area contributed by atoms with Crippen LogP contribution in [0.2, 0.25) is 0 Å². The fraction of sp³-hybridized carbons (Fsp3) is 0.500. The Morgan fingerprint density at radius 2 is 1.16 bits per heavy atom. The van der Waals surface area contributed by atoms with Gasteiger partial charge in [-0.3, -0.25) is 0 Å². The van der Waals surface area contributed by atoms with E-state index < -0.39 is 0 Å². The molecular formula is C32H40. The van der Waals surface area contributed by atoms with Crippen LogP contribution in [0.5, 0.6) is 0 Å². The van der Waals surface area contributed by atoms with Crippen LogP contribution in [0.4, 0.5) is 0 Å². The largest absolute Gasteiger partial charge is 0.0979 e. The van der Waals surface area contributed by atoms with Crippen LogP contribution in [0.15, 0.2) is 48.5 Å². The third kappa shape index (κ3) is 8.24. The Kier molecular flexibility index (Phi) is 10.5. The zero-order valence-corrected chi connectivity index (χ0v) is 20.3. The lowest BCUT2D eigenvalue weighted by Gasteiger charge is -2.29. The molecule has 1 saturated carbocycles. The molecule has 168 valence electrons. The van der Waals surface area contributed by atoms with Crippen molar-refractivity contribution < 1.29 is 0 Å². The molecule has 0 aromatic heterocycles. The summed E-state index contributed by atoms with van der Waals surface area (Å²) in [6, 6.07) is 17.3. The van der Waals surface area contributed by atoms with Crippen LogP contribution in [0.1, 0.15) is 119 Å². The minimum Gasteiger partial charge on any atom is -0.0979 e. The van der Waals surface area contributed by atoms with Gasteiger partial charge in [-0.15, -0.1) is 0 Å².